The summed E-state index contributed by atoms with van der Waals surface area (Å²) in [6.45, 7) is 6.97. The van der Waals surface area contributed by atoms with E-state index in [9.17, 15) is 5.11 Å². The molecule has 4 bridgehead atoms. The van der Waals surface area contributed by atoms with Gasteiger partial charge in [0.1, 0.15) is 5.75 Å². The molecule has 0 spiro atoms. The number of para-hydroxylation sites is 1. The van der Waals surface area contributed by atoms with Gasteiger partial charge in [-0.05, 0) is 66.8 Å². The Morgan fingerprint density at radius 2 is 1.73 bits per heavy atom. The van der Waals surface area contributed by atoms with Crippen molar-refractivity contribution in [3.8, 4) is 5.75 Å². The molecule has 4 aliphatic rings. The zero-order valence-electron chi connectivity index (χ0n) is 14.0. The molecular weight excluding hydrogens is 270 g/mol. The molecule has 1 aromatic rings. The predicted molar refractivity (Wildman–Crippen MR) is 89.7 cm³/mol. The first kappa shape index (κ1) is 14.6. The molecule has 1 aromatic carbocycles. The molecule has 0 heterocycles. The normalized spacial score (nSPS) is 42.7. The van der Waals surface area contributed by atoms with Crippen molar-refractivity contribution in [2.75, 3.05) is 6.54 Å². The van der Waals surface area contributed by atoms with E-state index in [1.54, 1.807) is 6.07 Å². The van der Waals surface area contributed by atoms with Crippen LogP contribution in [0.4, 0.5) is 0 Å². The van der Waals surface area contributed by atoms with Crippen molar-refractivity contribution in [1.82, 2.24) is 5.32 Å². The minimum atomic E-state index is 0.416. The molecule has 4 fully saturated rings. The van der Waals surface area contributed by atoms with Crippen LogP contribution in [0.3, 0.4) is 0 Å². The summed E-state index contributed by atoms with van der Waals surface area (Å²) >= 11 is 0. The maximum Gasteiger partial charge on any atom is 0.120 e. The summed E-state index contributed by atoms with van der Waals surface area (Å²) in [4.78, 5) is 0. The maximum absolute atomic E-state index is 9.91. The number of hydrogen-bond donors (Lipinski definition) is 2. The Hall–Kier alpha value is -1.02. The fourth-order valence-corrected chi connectivity index (χ4v) is 7.00. The monoisotopic (exact) mass is 299 g/mol. The van der Waals surface area contributed by atoms with Crippen molar-refractivity contribution in [3.63, 3.8) is 0 Å². The quantitative estimate of drug-likeness (QED) is 0.859. The first-order valence-electron chi connectivity index (χ1n) is 8.87. The van der Waals surface area contributed by atoms with E-state index in [-0.39, 0.29) is 0 Å². The maximum atomic E-state index is 9.91. The molecule has 2 atom stereocenters. The molecule has 0 aliphatic heterocycles. The summed E-state index contributed by atoms with van der Waals surface area (Å²) in [5.74, 6) is 1.37. The molecule has 0 amide bonds. The highest BCUT2D eigenvalue weighted by Crippen LogP contribution is 2.69. The van der Waals surface area contributed by atoms with Gasteiger partial charge >= 0.3 is 0 Å². The Kier molecular flexibility index (Phi) is 3.14. The van der Waals surface area contributed by atoms with Crippen LogP contribution in [0.25, 0.3) is 0 Å². The van der Waals surface area contributed by atoms with E-state index >= 15 is 0 Å². The smallest absolute Gasteiger partial charge is 0.120 e. The number of hydrogen-bond acceptors (Lipinski definition) is 2. The molecule has 0 radical (unpaired) electrons. The molecule has 2 nitrogen and oxygen atoms in total. The Morgan fingerprint density at radius 3 is 2.36 bits per heavy atom. The third-order valence-corrected chi connectivity index (χ3v) is 6.55. The summed E-state index contributed by atoms with van der Waals surface area (Å²) < 4.78 is 0. The first-order chi connectivity index (χ1) is 10.4. The molecule has 0 unspecified atom stereocenters. The van der Waals surface area contributed by atoms with Crippen LogP contribution < -0.4 is 5.32 Å². The topological polar surface area (TPSA) is 32.3 Å². The highest BCUT2D eigenvalue weighted by molar-refractivity contribution is 5.31. The zero-order chi connectivity index (χ0) is 15.4. The second-order valence-electron chi connectivity index (χ2n) is 9.36. The Morgan fingerprint density at radius 1 is 1.05 bits per heavy atom. The second kappa shape index (κ2) is 4.74. The predicted octanol–water partition coefficient (Wildman–Crippen LogP) is 4.48. The van der Waals surface area contributed by atoms with Crippen molar-refractivity contribution in [2.45, 2.75) is 58.9 Å². The van der Waals surface area contributed by atoms with Crippen molar-refractivity contribution < 1.29 is 5.11 Å². The van der Waals surface area contributed by atoms with Crippen LogP contribution in [0.5, 0.6) is 5.75 Å². The van der Waals surface area contributed by atoms with Crippen LogP contribution in [-0.4, -0.2) is 11.7 Å². The second-order valence-corrected chi connectivity index (χ2v) is 9.36. The van der Waals surface area contributed by atoms with E-state index in [0.717, 1.165) is 24.6 Å². The third-order valence-electron chi connectivity index (χ3n) is 6.55. The average molecular weight is 299 g/mol. The van der Waals surface area contributed by atoms with Gasteiger partial charge in [-0.15, -0.1) is 0 Å². The lowest BCUT2D eigenvalue weighted by molar-refractivity contribution is -0.143. The molecule has 120 valence electrons. The first-order valence-corrected chi connectivity index (χ1v) is 8.87. The molecule has 0 saturated heterocycles. The van der Waals surface area contributed by atoms with Crippen molar-refractivity contribution in [2.24, 2.45) is 22.2 Å². The standard InChI is InChI=1S/C20H29NO/c1-18-7-15-8-19(2,11-18)13-20(9-15,12-18)14-21-10-16-5-3-4-6-17(16)22/h3-6,15,21-22H,7-14H2,1-2H3/t15?,18-,19-,20?/m1/s1. The SMILES string of the molecule is C[C@]12CC3CC(CNCc4ccccc4O)(C1)C[C@](C)(C3)C2. The molecular formula is C20H29NO. The van der Waals surface area contributed by atoms with Crippen LogP contribution in [0.1, 0.15) is 57.9 Å². The lowest BCUT2D eigenvalue weighted by Crippen LogP contribution is -2.57. The van der Waals surface area contributed by atoms with Crippen LogP contribution in [0.2, 0.25) is 0 Å². The summed E-state index contributed by atoms with van der Waals surface area (Å²) in [6, 6.07) is 7.69. The van der Waals surface area contributed by atoms with Gasteiger partial charge in [0.25, 0.3) is 0 Å². The minimum absolute atomic E-state index is 0.416. The highest BCUT2D eigenvalue weighted by atomic mass is 16.3. The highest BCUT2D eigenvalue weighted by Gasteiger charge is 2.59. The van der Waals surface area contributed by atoms with Gasteiger partial charge in [0.05, 0.1) is 0 Å². The fraction of sp³-hybridized carbons (Fsp3) is 0.700. The molecule has 2 heteroatoms. The van der Waals surface area contributed by atoms with E-state index in [2.05, 4.69) is 19.2 Å². The lowest BCUT2D eigenvalue weighted by Gasteiger charge is -2.65. The van der Waals surface area contributed by atoms with E-state index < -0.39 is 0 Å². The number of nitrogens with one attached hydrogen (secondary N) is 1. The molecule has 2 N–H and O–H groups in total. The number of phenols is 1. The van der Waals surface area contributed by atoms with Crippen LogP contribution in [0, 0.1) is 22.2 Å². The van der Waals surface area contributed by atoms with Crippen molar-refractivity contribution in [1.29, 1.82) is 0 Å². The molecule has 22 heavy (non-hydrogen) atoms. The Balaban J connectivity index is 1.46. The van der Waals surface area contributed by atoms with Gasteiger partial charge in [-0.1, -0.05) is 32.0 Å². The van der Waals surface area contributed by atoms with Gasteiger partial charge in [0.2, 0.25) is 0 Å². The van der Waals surface area contributed by atoms with Gasteiger partial charge in [-0.3, -0.25) is 0 Å². The number of rotatable bonds is 4. The van der Waals surface area contributed by atoms with Crippen LogP contribution in [0.15, 0.2) is 24.3 Å². The van der Waals surface area contributed by atoms with Gasteiger partial charge in [0.15, 0.2) is 0 Å². The largest absolute Gasteiger partial charge is 0.508 e. The summed E-state index contributed by atoms with van der Waals surface area (Å²) in [5.41, 5.74) is 2.70. The van der Waals surface area contributed by atoms with Crippen molar-refractivity contribution in [3.05, 3.63) is 29.8 Å². The molecule has 5 rings (SSSR count). The molecule has 4 aliphatic carbocycles. The Bertz CT molecular complexity index is 563. The van der Waals surface area contributed by atoms with Crippen molar-refractivity contribution >= 4 is 0 Å². The van der Waals surface area contributed by atoms with Gasteiger partial charge in [0, 0.05) is 18.7 Å². The van der Waals surface area contributed by atoms with E-state index in [0.29, 0.717) is 22.0 Å². The zero-order valence-corrected chi connectivity index (χ0v) is 14.0. The Labute approximate surface area is 134 Å². The molecule has 4 saturated carbocycles. The van der Waals surface area contributed by atoms with E-state index in [1.807, 2.05) is 18.2 Å². The summed E-state index contributed by atoms with van der Waals surface area (Å²) in [6.07, 6.45) is 8.59. The molecule has 0 aromatic heterocycles. The van der Waals surface area contributed by atoms with Gasteiger partial charge in [-0.2, -0.15) is 0 Å². The lowest BCUT2D eigenvalue weighted by atomic mass is 9.40. The van der Waals surface area contributed by atoms with E-state index in [4.69, 9.17) is 0 Å². The summed E-state index contributed by atoms with van der Waals surface area (Å²) in [5, 5.41) is 13.6. The number of aromatic hydroxyl groups is 1. The van der Waals surface area contributed by atoms with Gasteiger partial charge in [-0.25, -0.2) is 0 Å². The minimum Gasteiger partial charge on any atom is -0.508 e. The van der Waals surface area contributed by atoms with E-state index in [1.165, 1.54) is 38.5 Å². The van der Waals surface area contributed by atoms with Gasteiger partial charge < -0.3 is 10.4 Å². The summed E-state index contributed by atoms with van der Waals surface area (Å²) in [7, 11) is 0. The average Bonchev–Trinajstić information content (AvgIpc) is 2.36. The number of benzene rings is 1. The van der Waals surface area contributed by atoms with Crippen LogP contribution in [-0.2, 0) is 6.54 Å². The third kappa shape index (κ3) is 2.46. The number of phenolic OH excluding ortho intramolecular Hbond substituents is 1. The van der Waals surface area contributed by atoms with Crippen LogP contribution >= 0.6 is 0 Å². The fourth-order valence-electron chi connectivity index (χ4n) is 7.00.